The number of hydrogen-bond donors (Lipinski definition) is 1. The molecule has 0 saturated carbocycles. The highest BCUT2D eigenvalue weighted by atomic mass is 79.9. The smallest absolute Gasteiger partial charge is 0.458 e. The normalized spacial score (nSPS) is 21.5. The van der Waals surface area contributed by atoms with Crippen LogP contribution in [0, 0.1) is 0 Å². The highest BCUT2D eigenvalue weighted by Gasteiger charge is 2.46. The van der Waals surface area contributed by atoms with Crippen LogP contribution in [0.1, 0.15) is 35.6 Å². The second-order valence-electron chi connectivity index (χ2n) is 8.14. The average Bonchev–Trinajstić information content (AvgIpc) is 3.29. The summed E-state index contributed by atoms with van der Waals surface area (Å²) in [6, 6.07) is 4.43. The highest BCUT2D eigenvalue weighted by molar-refractivity contribution is 9.08. The van der Waals surface area contributed by atoms with Crippen molar-refractivity contribution in [3.8, 4) is 22.9 Å². The molecule has 1 aromatic carbocycles. The zero-order valence-electron chi connectivity index (χ0n) is 17.1. The van der Waals surface area contributed by atoms with Crippen molar-refractivity contribution in [3.63, 3.8) is 0 Å². The molecule has 0 amide bonds. The molecule has 1 unspecified atom stereocenters. The summed E-state index contributed by atoms with van der Waals surface area (Å²) in [5, 5.41) is 11.9. The Bertz CT molecular complexity index is 1470. The van der Waals surface area contributed by atoms with Crippen LogP contribution in [0.2, 0.25) is 0 Å². The minimum Gasteiger partial charge on any atom is -0.458 e. The summed E-state index contributed by atoms with van der Waals surface area (Å²) >= 11 is 3.46. The number of aromatic nitrogens is 2. The van der Waals surface area contributed by atoms with Gasteiger partial charge in [0, 0.05) is 27.9 Å². The number of carbonyl (C=O) groups is 1. The van der Waals surface area contributed by atoms with E-state index in [-0.39, 0.29) is 47.8 Å². The van der Waals surface area contributed by atoms with Gasteiger partial charge in [-0.3, -0.25) is 4.79 Å². The molecule has 1 atom stereocenters. The lowest BCUT2D eigenvalue weighted by Crippen LogP contribution is -2.44. The monoisotopic (exact) mass is 520 g/mol. The minimum absolute atomic E-state index is 0.0318. The van der Waals surface area contributed by atoms with Gasteiger partial charge in [0.15, 0.2) is 17.1 Å². The van der Waals surface area contributed by atoms with Crippen molar-refractivity contribution in [2.45, 2.75) is 43.7 Å². The number of cyclic esters (lactones) is 1. The molecule has 6 rings (SSSR count). The molecule has 0 saturated heterocycles. The number of rotatable bonds is 2. The van der Waals surface area contributed by atoms with E-state index in [9.17, 15) is 23.5 Å². The van der Waals surface area contributed by atoms with Crippen LogP contribution in [-0.2, 0) is 33.6 Å². The highest BCUT2D eigenvalue weighted by Crippen LogP contribution is 2.46. The van der Waals surface area contributed by atoms with E-state index in [1.165, 1.54) is 16.7 Å². The number of hydrogen-bond acceptors (Lipinski definition) is 7. The average molecular weight is 521 g/mol. The second-order valence-corrected chi connectivity index (χ2v) is 8.70. The summed E-state index contributed by atoms with van der Waals surface area (Å²) in [6.07, 6.45) is -3.72. The van der Waals surface area contributed by atoms with E-state index in [2.05, 4.69) is 30.4 Å². The van der Waals surface area contributed by atoms with Crippen LogP contribution in [0.4, 0.5) is 8.78 Å². The molecule has 0 aliphatic carbocycles. The largest absolute Gasteiger partial charge is 0.586 e. The van der Waals surface area contributed by atoms with Crippen molar-refractivity contribution >= 4 is 32.8 Å². The van der Waals surface area contributed by atoms with E-state index in [1.807, 2.05) is 0 Å². The van der Waals surface area contributed by atoms with E-state index >= 15 is 0 Å². The third kappa shape index (κ3) is 2.66. The van der Waals surface area contributed by atoms with Crippen LogP contribution in [0.5, 0.6) is 11.5 Å². The third-order valence-corrected chi connectivity index (χ3v) is 7.02. The van der Waals surface area contributed by atoms with Gasteiger partial charge in [0.25, 0.3) is 5.56 Å². The quantitative estimate of drug-likeness (QED) is 0.319. The van der Waals surface area contributed by atoms with Crippen molar-refractivity contribution < 1.29 is 32.9 Å². The molecule has 3 aliphatic heterocycles. The van der Waals surface area contributed by atoms with E-state index in [0.29, 0.717) is 27.6 Å². The molecule has 5 heterocycles. The van der Waals surface area contributed by atoms with E-state index in [1.54, 1.807) is 13.0 Å². The number of alkyl halides is 3. The number of pyridine rings is 2. The molecule has 0 fully saturated rings. The Labute approximate surface area is 192 Å². The van der Waals surface area contributed by atoms with Crippen molar-refractivity contribution in [2.75, 3.05) is 0 Å². The van der Waals surface area contributed by atoms with Crippen molar-refractivity contribution in [1.29, 1.82) is 0 Å². The van der Waals surface area contributed by atoms with Crippen molar-refractivity contribution in [3.05, 3.63) is 50.8 Å². The van der Waals surface area contributed by atoms with E-state index < -0.39 is 17.9 Å². The second kappa shape index (κ2) is 6.51. The number of halogens is 3. The topological polar surface area (TPSA) is 99.9 Å². The van der Waals surface area contributed by atoms with Gasteiger partial charge < -0.3 is 23.9 Å². The minimum atomic E-state index is -3.75. The number of ether oxygens (including phenoxy) is 3. The van der Waals surface area contributed by atoms with Gasteiger partial charge in [-0.1, -0.05) is 22.9 Å². The Morgan fingerprint density at radius 1 is 1.18 bits per heavy atom. The maximum Gasteiger partial charge on any atom is 0.586 e. The summed E-state index contributed by atoms with van der Waals surface area (Å²) in [5.41, 5.74) is 0.902. The molecule has 170 valence electrons. The maximum atomic E-state index is 13.6. The molecule has 0 radical (unpaired) electrons. The molecule has 8 nitrogen and oxygen atoms in total. The Morgan fingerprint density at radius 3 is 2.61 bits per heavy atom. The van der Waals surface area contributed by atoms with Gasteiger partial charge in [0.1, 0.15) is 6.61 Å². The van der Waals surface area contributed by atoms with Crippen LogP contribution < -0.4 is 15.0 Å². The first kappa shape index (κ1) is 20.5. The lowest BCUT2D eigenvalue weighted by Gasteiger charge is -2.31. The molecule has 33 heavy (non-hydrogen) atoms. The summed E-state index contributed by atoms with van der Waals surface area (Å²) < 4.78 is 42.9. The van der Waals surface area contributed by atoms with Gasteiger partial charge >= 0.3 is 12.3 Å². The Morgan fingerprint density at radius 2 is 1.91 bits per heavy atom. The van der Waals surface area contributed by atoms with E-state index in [4.69, 9.17) is 4.74 Å². The molecular weight excluding hydrogens is 506 g/mol. The van der Waals surface area contributed by atoms with Crippen LogP contribution >= 0.6 is 15.9 Å². The van der Waals surface area contributed by atoms with Crippen LogP contribution in [0.3, 0.4) is 0 Å². The van der Waals surface area contributed by atoms with Gasteiger partial charge in [-0.2, -0.15) is 0 Å². The molecule has 1 N–H and O–H groups in total. The molecule has 3 aliphatic rings. The fourth-order valence-corrected chi connectivity index (χ4v) is 5.40. The zero-order valence-corrected chi connectivity index (χ0v) is 18.7. The lowest BCUT2D eigenvalue weighted by molar-refractivity contribution is -0.286. The van der Waals surface area contributed by atoms with Gasteiger partial charge in [0.05, 0.1) is 29.0 Å². The van der Waals surface area contributed by atoms with Crippen LogP contribution in [0.25, 0.3) is 22.3 Å². The molecule has 0 spiro atoms. The molecule has 11 heteroatoms. The Kier molecular flexibility index (Phi) is 4.05. The van der Waals surface area contributed by atoms with E-state index in [0.717, 1.165) is 11.1 Å². The maximum absolute atomic E-state index is 13.6. The number of fused-ring (bicyclic) bond motifs is 6. The number of benzene rings is 1. The predicted octanol–water partition coefficient (Wildman–Crippen LogP) is 3.30. The zero-order chi connectivity index (χ0) is 23.3. The fourth-order valence-electron chi connectivity index (χ4n) is 4.76. The van der Waals surface area contributed by atoms with Crippen LogP contribution in [0.15, 0.2) is 23.0 Å². The summed E-state index contributed by atoms with van der Waals surface area (Å²) in [5.74, 6) is -1.03. The number of carbonyl (C=O) groups excluding carboxylic acids is 1. The molecule has 0 bridgehead atoms. The number of nitrogens with zero attached hydrogens (tertiary/aromatic N) is 2. The lowest BCUT2D eigenvalue weighted by atomic mass is 9.86. The number of aliphatic hydroxyl groups is 1. The summed E-state index contributed by atoms with van der Waals surface area (Å²) in [4.78, 5) is 30.3. The fraction of sp³-hybridized carbons (Fsp3) is 0.318. The summed E-state index contributed by atoms with van der Waals surface area (Å²) in [7, 11) is 0. The predicted molar refractivity (Wildman–Crippen MR) is 113 cm³/mol. The summed E-state index contributed by atoms with van der Waals surface area (Å²) in [6.45, 7) is 1.61. The first-order valence-corrected chi connectivity index (χ1v) is 11.3. The Hall–Kier alpha value is -3.05. The first-order valence-electron chi connectivity index (χ1n) is 10.2. The van der Waals surface area contributed by atoms with Gasteiger partial charge in [-0.15, -0.1) is 8.78 Å². The van der Waals surface area contributed by atoms with Crippen LogP contribution in [-0.4, -0.2) is 26.9 Å². The molecule has 2 aromatic heterocycles. The SMILES string of the molecule is CCC1(O)C(=O)OCc2c1cc1n(c2=O)Cc2c-1nc1cc3c(cc1c2CBr)OC(F)(F)O3. The number of esters is 1. The first-order chi connectivity index (χ1) is 15.7. The third-order valence-electron chi connectivity index (χ3n) is 6.46. The van der Waals surface area contributed by atoms with Gasteiger partial charge in [-0.25, -0.2) is 9.78 Å². The van der Waals surface area contributed by atoms with Crippen molar-refractivity contribution in [1.82, 2.24) is 9.55 Å². The van der Waals surface area contributed by atoms with Gasteiger partial charge in [-0.05, 0) is 24.1 Å². The van der Waals surface area contributed by atoms with Crippen molar-refractivity contribution in [2.24, 2.45) is 0 Å². The molecular formula is C22H15BrF2N2O6. The standard InChI is InChI=1S/C22H15BrF2N2O6/c1-2-21(30)13-4-15-18-11(7-27(15)19(28)12(13)8-31-20(21)29)10(6-23)9-3-16-17(5-14(9)26-18)33-22(24,25)32-16/h3-5,30H,2,6-8H2,1H3. The van der Waals surface area contributed by atoms with Gasteiger partial charge in [0.2, 0.25) is 0 Å². The molecule has 3 aromatic rings. The Balaban J connectivity index is 1.62.